The van der Waals surface area contributed by atoms with E-state index in [0.717, 1.165) is 0 Å². The molecule has 0 saturated heterocycles. The van der Waals surface area contributed by atoms with Crippen LogP contribution in [0, 0.1) is 0 Å². The molecule has 0 rings (SSSR count). The number of amides is 8. The van der Waals surface area contributed by atoms with Crippen molar-refractivity contribution in [3.8, 4) is 0 Å². The lowest BCUT2D eigenvalue weighted by atomic mass is 10.1. The van der Waals surface area contributed by atoms with E-state index in [2.05, 4.69) is 21.3 Å². The molecule has 3 atom stereocenters. The summed E-state index contributed by atoms with van der Waals surface area (Å²) >= 11 is 0. The van der Waals surface area contributed by atoms with Crippen LogP contribution in [-0.2, 0) is 43.2 Å². The molecule has 0 aromatic carbocycles. The Kier molecular flexibility index (Phi) is 13.9. The number of nitrogens with one attached hydrogen (secondary N) is 5. The molecule has 0 aliphatic rings. The molecule has 19 nitrogen and oxygen atoms in total. The maximum Gasteiger partial charge on any atom is 0.322 e. The summed E-state index contributed by atoms with van der Waals surface area (Å²) in [6.45, 7) is -2.23. The van der Waals surface area contributed by atoms with Crippen LogP contribution in [0.2, 0.25) is 0 Å². The molecule has 0 bridgehead atoms. The van der Waals surface area contributed by atoms with E-state index in [0.29, 0.717) is 0 Å². The van der Waals surface area contributed by atoms with Crippen LogP contribution in [0.25, 0.3) is 0 Å². The first kappa shape index (κ1) is 32.2. The summed E-state index contributed by atoms with van der Waals surface area (Å²) in [6, 6.07) is -4.47. The first-order valence-electron chi connectivity index (χ1n) is 10.4. The van der Waals surface area contributed by atoms with Crippen molar-refractivity contribution in [1.82, 2.24) is 26.6 Å². The molecular weight excluding hydrogens is 502 g/mol. The summed E-state index contributed by atoms with van der Waals surface area (Å²) in [5.41, 5.74) is 20.4. The number of primary amides is 3. The van der Waals surface area contributed by atoms with Crippen LogP contribution in [0.5, 0.6) is 0 Å². The maximum absolute atomic E-state index is 12.3. The normalized spacial score (nSPS) is 12.6. The monoisotopic (exact) mass is 531 g/mol. The second-order valence-electron chi connectivity index (χ2n) is 7.41. The standard InChI is InChI=1S/C18H29N9O10/c19-7(1-10(20)28)16(35)27-9(3-12(22)30)18(37)24-4-13(31)23-5-14(32)26-8(2-11(21)29)17(36)25-6-15(33)34/h7-9H,1-6,19H2,(H2,20,28)(H2,21,29)(H2,22,30)(H,23,31)(H,24,37)(H,25,36)(H,26,32)(H,27,35)(H,33,34)/t7-,8-,9-/m0/s1. The number of aliphatic carboxylic acids is 1. The Labute approximate surface area is 208 Å². The lowest BCUT2D eigenvalue weighted by Gasteiger charge is -2.19. The fraction of sp³-hybridized carbons (Fsp3) is 0.500. The number of hydrogen-bond acceptors (Lipinski definition) is 10. The van der Waals surface area contributed by atoms with E-state index < -0.39 is 110 Å². The average molecular weight is 531 g/mol. The van der Waals surface area contributed by atoms with Gasteiger partial charge in [0.05, 0.1) is 38.4 Å². The Hall–Kier alpha value is -4.81. The summed E-state index contributed by atoms with van der Waals surface area (Å²) < 4.78 is 0. The highest BCUT2D eigenvalue weighted by Crippen LogP contribution is 1.96. The Morgan fingerprint density at radius 1 is 0.568 bits per heavy atom. The summed E-state index contributed by atoms with van der Waals surface area (Å²) in [5, 5.41) is 18.9. The third-order valence-electron chi connectivity index (χ3n) is 4.14. The molecule has 37 heavy (non-hydrogen) atoms. The van der Waals surface area contributed by atoms with Gasteiger partial charge in [-0.15, -0.1) is 0 Å². The molecule has 8 amide bonds. The van der Waals surface area contributed by atoms with Gasteiger partial charge in [-0.2, -0.15) is 0 Å². The van der Waals surface area contributed by atoms with Crippen molar-refractivity contribution in [2.24, 2.45) is 22.9 Å². The molecule has 19 heteroatoms. The average Bonchev–Trinajstić information content (AvgIpc) is 2.77. The van der Waals surface area contributed by atoms with Gasteiger partial charge in [0.2, 0.25) is 47.3 Å². The fourth-order valence-corrected chi connectivity index (χ4v) is 2.47. The Balaban J connectivity index is 4.84. The number of carboxylic acids is 1. The number of carboxylic acid groups (broad SMARTS) is 1. The summed E-state index contributed by atoms with van der Waals surface area (Å²) in [5.74, 6) is -9.11. The molecule has 0 saturated carbocycles. The number of carbonyl (C=O) groups excluding carboxylic acids is 8. The quantitative estimate of drug-likeness (QED) is 0.0839. The maximum atomic E-state index is 12.3. The highest BCUT2D eigenvalue weighted by molar-refractivity contribution is 5.96. The molecule has 0 heterocycles. The third kappa shape index (κ3) is 14.9. The van der Waals surface area contributed by atoms with Crippen molar-refractivity contribution in [2.45, 2.75) is 37.4 Å². The van der Waals surface area contributed by atoms with E-state index in [4.69, 9.17) is 28.0 Å². The third-order valence-corrected chi connectivity index (χ3v) is 4.14. The lowest BCUT2D eigenvalue weighted by molar-refractivity contribution is -0.138. The van der Waals surface area contributed by atoms with Crippen LogP contribution >= 0.6 is 0 Å². The highest BCUT2D eigenvalue weighted by atomic mass is 16.4. The minimum absolute atomic E-state index is 0.539. The molecule has 0 fully saturated rings. The molecule has 206 valence electrons. The van der Waals surface area contributed by atoms with Crippen LogP contribution in [0.15, 0.2) is 0 Å². The summed E-state index contributed by atoms with van der Waals surface area (Å²) in [7, 11) is 0. The van der Waals surface area contributed by atoms with Gasteiger partial charge in [0.15, 0.2) is 0 Å². The van der Waals surface area contributed by atoms with Crippen LogP contribution in [0.4, 0.5) is 0 Å². The smallest absolute Gasteiger partial charge is 0.322 e. The molecule has 0 aromatic rings. The van der Waals surface area contributed by atoms with E-state index in [1.54, 1.807) is 0 Å². The predicted octanol–water partition coefficient (Wildman–Crippen LogP) is -7.66. The van der Waals surface area contributed by atoms with E-state index >= 15 is 0 Å². The Bertz CT molecular complexity index is 939. The number of nitrogens with two attached hydrogens (primary N) is 4. The molecule has 0 aromatic heterocycles. The van der Waals surface area contributed by atoms with Gasteiger partial charge in [0.25, 0.3) is 0 Å². The van der Waals surface area contributed by atoms with Gasteiger partial charge >= 0.3 is 5.97 Å². The first-order chi connectivity index (χ1) is 17.1. The minimum Gasteiger partial charge on any atom is -0.480 e. The topological polar surface area (TPSA) is 338 Å². The van der Waals surface area contributed by atoms with E-state index in [1.807, 2.05) is 5.32 Å². The van der Waals surface area contributed by atoms with Gasteiger partial charge in [-0.25, -0.2) is 0 Å². The number of carbonyl (C=O) groups is 9. The number of rotatable bonds is 17. The second kappa shape index (κ2) is 16.0. The molecule has 0 aliphatic heterocycles. The first-order valence-corrected chi connectivity index (χ1v) is 10.4. The Morgan fingerprint density at radius 3 is 1.46 bits per heavy atom. The number of hydrogen-bond donors (Lipinski definition) is 10. The zero-order valence-electron chi connectivity index (χ0n) is 19.4. The minimum atomic E-state index is -1.54. The van der Waals surface area contributed by atoms with Crippen molar-refractivity contribution < 1.29 is 48.3 Å². The molecule has 0 radical (unpaired) electrons. The molecular formula is C18H29N9O10. The molecule has 0 spiro atoms. The van der Waals surface area contributed by atoms with Gasteiger partial charge in [-0.1, -0.05) is 0 Å². The largest absolute Gasteiger partial charge is 0.480 e. The van der Waals surface area contributed by atoms with Crippen molar-refractivity contribution in [2.75, 3.05) is 19.6 Å². The molecule has 0 unspecified atom stereocenters. The van der Waals surface area contributed by atoms with E-state index in [9.17, 15) is 43.2 Å². The zero-order chi connectivity index (χ0) is 28.7. The second-order valence-corrected chi connectivity index (χ2v) is 7.41. The van der Waals surface area contributed by atoms with Gasteiger partial charge < -0.3 is 54.6 Å². The Morgan fingerprint density at radius 2 is 1.00 bits per heavy atom. The lowest BCUT2D eigenvalue weighted by Crippen LogP contribution is -2.54. The summed E-state index contributed by atoms with van der Waals surface area (Å²) in [6.07, 6.45) is -1.87. The highest BCUT2D eigenvalue weighted by Gasteiger charge is 2.27. The van der Waals surface area contributed by atoms with Gasteiger partial charge in [-0.05, 0) is 0 Å². The van der Waals surface area contributed by atoms with E-state index in [-0.39, 0.29) is 0 Å². The molecule has 14 N–H and O–H groups in total. The van der Waals surface area contributed by atoms with Crippen molar-refractivity contribution >= 4 is 53.2 Å². The van der Waals surface area contributed by atoms with E-state index in [1.165, 1.54) is 0 Å². The predicted molar refractivity (Wildman–Crippen MR) is 120 cm³/mol. The summed E-state index contributed by atoms with van der Waals surface area (Å²) in [4.78, 5) is 104. The van der Waals surface area contributed by atoms with Gasteiger partial charge in [-0.3, -0.25) is 43.2 Å². The van der Waals surface area contributed by atoms with Gasteiger partial charge in [0, 0.05) is 0 Å². The van der Waals surface area contributed by atoms with Crippen molar-refractivity contribution in [3.05, 3.63) is 0 Å². The van der Waals surface area contributed by atoms with Crippen molar-refractivity contribution in [3.63, 3.8) is 0 Å². The van der Waals surface area contributed by atoms with Crippen molar-refractivity contribution in [1.29, 1.82) is 0 Å². The fourth-order valence-electron chi connectivity index (χ4n) is 2.47. The van der Waals surface area contributed by atoms with Crippen LogP contribution in [-0.4, -0.2) is 96.1 Å². The zero-order valence-corrected chi connectivity index (χ0v) is 19.4. The van der Waals surface area contributed by atoms with Crippen LogP contribution < -0.4 is 49.5 Å². The van der Waals surface area contributed by atoms with Gasteiger partial charge in [0.1, 0.15) is 18.6 Å². The molecule has 0 aliphatic carbocycles. The van der Waals surface area contributed by atoms with Crippen LogP contribution in [0.1, 0.15) is 19.3 Å². The van der Waals surface area contributed by atoms with Crippen LogP contribution in [0.3, 0.4) is 0 Å². The SMILES string of the molecule is NC(=O)C[C@H](NC(=O)CNC(=O)CNC(=O)[C@H](CC(N)=O)NC(=O)[C@@H](N)CC(N)=O)C(=O)NCC(=O)O.